The van der Waals surface area contributed by atoms with Crippen molar-refractivity contribution in [2.75, 3.05) is 19.1 Å². The molecule has 3 aromatic carbocycles. The van der Waals surface area contributed by atoms with Gasteiger partial charge < -0.3 is 29.3 Å². The number of carbonyl (C=O) groups excluding carboxylic acids is 2. The van der Waals surface area contributed by atoms with Gasteiger partial charge in [0.05, 0.1) is 37.9 Å². The topological polar surface area (TPSA) is 126 Å². The highest BCUT2D eigenvalue weighted by Gasteiger charge is 2.44. The van der Waals surface area contributed by atoms with Gasteiger partial charge in [0.2, 0.25) is 0 Å². The quantitative estimate of drug-likeness (QED) is 0.463. The molecule has 0 spiro atoms. The number of fused-ring (bicyclic) bond motifs is 3. The van der Waals surface area contributed by atoms with Gasteiger partial charge in [0, 0.05) is 12.6 Å². The second-order valence-electron chi connectivity index (χ2n) is 9.42. The number of aliphatic hydroxyl groups excluding tert-OH is 1. The summed E-state index contributed by atoms with van der Waals surface area (Å²) in [4.78, 5) is 40.2. The number of rotatable bonds is 6. The Morgan fingerprint density at radius 3 is 2.44 bits per heavy atom. The van der Waals surface area contributed by atoms with Crippen LogP contribution in [0.25, 0.3) is 0 Å². The minimum absolute atomic E-state index is 0.00805. The van der Waals surface area contributed by atoms with Crippen LogP contribution in [0.1, 0.15) is 32.6 Å². The van der Waals surface area contributed by atoms with Gasteiger partial charge in [-0.1, -0.05) is 48.5 Å². The molecule has 2 heterocycles. The van der Waals surface area contributed by atoms with E-state index in [0.717, 1.165) is 27.2 Å². The van der Waals surface area contributed by atoms with Crippen molar-refractivity contribution in [3.63, 3.8) is 0 Å². The number of esters is 1. The van der Waals surface area contributed by atoms with E-state index < -0.39 is 24.3 Å². The molecule has 2 aliphatic heterocycles. The third-order valence-corrected chi connectivity index (χ3v) is 7.10. The molecule has 2 atom stereocenters. The van der Waals surface area contributed by atoms with E-state index in [1.54, 1.807) is 18.2 Å². The SMILES string of the molecule is COC(=O)Cc1cccc(COc2cc3c(cc2OC)C(=O)N2Cc4ccccc4C[C@H]2C(O)N3C(=O)O)c1. The number of carbonyl (C=O) groups is 3. The van der Waals surface area contributed by atoms with Crippen LogP contribution in [0.5, 0.6) is 11.5 Å². The van der Waals surface area contributed by atoms with Crippen LogP contribution in [0.2, 0.25) is 0 Å². The molecule has 0 radical (unpaired) electrons. The Kier molecular flexibility index (Phi) is 7.12. The maximum absolute atomic E-state index is 13.8. The first kappa shape index (κ1) is 26.1. The highest BCUT2D eigenvalue weighted by Crippen LogP contribution is 2.41. The van der Waals surface area contributed by atoms with Crippen molar-refractivity contribution in [1.29, 1.82) is 0 Å². The first-order chi connectivity index (χ1) is 18.8. The number of nitrogens with zero attached hydrogens (tertiary/aromatic N) is 2. The zero-order valence-electron chi connectivity index (χ0n) is 21.5. The Balaban J connectivity index is 1.50. The van der Waals surface area contributed by atoms with Crippen molar-refractivity contribution < 1.29 is 38.8 Å². The van der Waals surface area contributed by atoms with Crippen LogP contribution >= 0.6 is 0 Å². The molecule has 10 heteroatoms. The highest BCUT2D eigenvalue weighted by molar-refractivity contribution is 6.05. The first-order valence-electron chi connectivity index (χ1n) is 12.4. The zero-order chi connectivity index (χ0) is 27.7. The van der Waals surface area contributed by atoms with Crippen LogP contribution in [0, 0.1) is 0 Å². The van der Waals surface area contributed by atoms with E-state index in [1.807, 2.05) is 30.3 Å². The molecule has 2 aliphatic rings. The maximum atomic E-state index is 13.8. The van der Waals surface area contributed by atoms with Crippen molar-refractivity contribution in [3.05, 3.63) is 88.5 Å². The van der Waals surface area contributed by atoms with Crippen LogP contribution in [-0.4, -0.2) is 59.6 Å². The number of ether oxygens (including phenoxy) is 3. The van der Waals surface area contributed by atoms with Crippen LogP contribution in [0.4, 0.5) is 10.5 Å². The monoisotopic (exact) mass is 532 g/mol. The molecule has 3 aromatic rings. The third kappa shape index (κ3) is 4.98. The van der Waals surface area contributed by atoms with Gasteiger partial charge in [-0.25, -0.2) is 9.69 Å². The number of benzene rings is 3. The Bertz CT molecular complexity index is 1440. The number of aliphatic hydroxyl groups is 1. The summed E-state index contributed by atoms with van der Waals surface area (Å²) in [6.45, 7) is 0.323. The molecule has 0 bridgehead atoms. The Hall–Kier alpha value is -4.57. The molecular formula is C29H28N2O8. The second-order valence-corrected chi connectivity index (χ2v) is 9.42. The predicted molar refractivity (Wildman–Crippen MR) is 140 cm³/mol. The van der Waals surface area contributed by atoms with E-state index in [2.05, 4.69) is 0 Å². The lowest BCUT2D eigenvalue weighted by Crippen LogP contribution is -2.55. The molecule has 39 heavy (non-hydrogen) atoms. The van der Waals surface area contributed by atoms with Gasteiger partial charge in [-0.2, -0.15) is 0 Å². The minimum atomic E-state index is -1.50. The second kappa shape index (κ2) is 10.7. The molecule has 0 aromatic heterocycles. The normalized spacial score (nSPS) is 17.9. The van der Waals surface area contributed by atoms with Crippen LogP contribution in [-0.2, 0) is 35.5 Å². The standard InChI is InChI=1S/C29H28N2O8/c1-37-24-13-21-22(14-25(24)39-16-18-7-5-6-17(10-18)11-26(32)38-2)31(29(35)36)28(34)23-12-19-8-3-4-9-20(19)15-30(23)27(21)33/h3-10,13-14,23,28,34H,11-12,15-16H2,1-2H3,(H,35,36)/t23-,28?/m0/s1. The first-order valence-corrected chi connectivity index (χ1v) is 12.4. The van der Waals surface area contributed by atoms with E-state index >= 15 is 0 Å². The number of anilines is 1. The van der Waals surface area contributed by atoms with E-state index in [4.69, 9.17) is 14.2 Å². The Labute approximate surface area is 224 Å². The molecule has 0 fully saturated rings. The summed E-state index contributed by atoms with van der Waals surface area (Å²) in [6.07, 6.45) is -2.48. The molecule has 1 unspecified atom stereocenters. The molecule has 202 valence electrons. The fourth-order valence-corrected chi connectivity index (χ4v) is 5.14. The molecular weight excluding hydrogens is 504 g/mol. The average Bonchev–Trinajstić information content (AvgIpc) is 3.02. The molecule has 5 rings (SSSR count). The summed E-state index contributed by atoms with van der Waals surface area (Å²) in [5, 5.41) is 21.4. The molecule has 0 saturated carbocycles. The van der Waals surface area contributed by atoms with E-state index in [-0.39, 0.29) is 48.3 Å². The number of hydrogen-bond donors (Lipinski definition) is 2. The van der Waals surface area contributed by atoms with Crippen molar-refractivity contribution in [2.24, 2.45) is 0 Å². The Morgan fingerprint density at radius 1 is 0.974 bits per heavy atom. The number of amides is 2. The summed E-state index contributed by atoms with van der Waals surface area (Å²) in [5.41, 5.74) is 3.50. The molecule has 10 nitrogen and oxygen atoms in total. The number of hydrogen-bond acceptors (Lipinski definition) is 7. The fourth-order valence-electron chi connectivity index (χ4n) is 5.14. The van der Waals surface area contributed by atoms with Crippen molar-refractivity contribution in [2.45, 2.75) is 38.3 Å². The van der Waals surface area contributed by atoms with Crippen molar-refractivity contribution in [3.8, 4) is 11.5 Å². The van der Waals surface area contributed by atoms with Gasteiger partial charge in [-0.3, -0.25) is 9.59 Å². The fraction of sp³-hybridized carbons (Fsp3) is 0.276. The average molecular weight is 533 g/mol. The summed E-state index contributed by atoms with van der Waals surface area (Å²) < 4.78 is 16.2. The lowest BCUT2D eigenvalue weighted by molar-refractivity contribution is -0.139. The van der Waals surface area contributed by atoms with Gasteiger partial charge in [0.1, 0.15) is 6.61 Å². The van der Waals surface area contributed by atoms with Gasteiger partial charge in [-0.05, 0) is 34.7 Å². The van der Waals surface area contributed by atoms with Crippen LogP contribution in [0.15, 0.2) is 60.7 Å². The summed E-state index contributed by atoms with van der Waals surface area (Å²) in [7, 11) is 2.75. The van der Waals surface area contributed by atoms with Crippen molar-refractivity contribution in [1.82, 2.24) is 4.90 Å². The van der Waals surface area contributed by atoms with Gasteiger partial charge in [0.25, 0.3) is 5.91 Å². The van der Waals surface area contributed by atoms with E-state index in [0.29, 0.717) is 6.42 Å². The van der Waals surface area contributed by atoms with Crippen LogP contribution in [0.3, 0.4) is 0 Å². The Morgan fingerprint density at radius 2 is 1.72 bits per heavy atom. The smallest absolute Gasteiger partial charge is 0.414 e. The highest BCUT2D eigenvalue weighted by atomic mass is 16.5. The van der Waals surface area contributed by atoms with Gasteiger partial charge in [-0.15, -0.1) is 0 Å². The minimum Gasteiger partial charge on any atom is -0.493 e. The van der Waals surface area contributed by atoms with Gasteiger partial charge >= 0.3 is 12.1 Å². The third-order valence-electron chi connectivity index (χ3n) is 7.10. The van der Waals surface area contributed by atoms with E-state index in [1.165, 1.54) is 31.3 Å². The van der Waals surface area contributed by atoms with Gasteiger partial charge in [0.15, 0.2) is 17.7 Å². The summed E-state index contributed by atoms with van der Waals surface area (Å²) in [6, 6.07) is 16.9. The zero-order valence-corrected chi connectivity index (χ0v) is 21.5. The molecule has 0 saturated heterocycles. The summed E-state index contributed by atoms with van der Waals surface area (Å²) in [5.74, 6) is -0.336. The lowest BCUT2D eigenvalue weighted by Gasteiger charge is -2.39. The van der Waals surface area contributed by atoms with Crippen LogP contribution < -0.4 is 14.4 Å². The van der Waals surface area contributed by atoms with Crippen molar-refractivity contribution >= 4 is 23.7 Å². The van der Waals surface area contributed by atoms with E-state index in [9.17, 15) is 24.6 Å². The maximum Gasteiger partial charge on any atom is 0.414 e. The molecule has 2 amide bonds. The largest absolute Gasteiger partial charge is 0.493 e. The molecule has 0 aliphatic carbocycles. The predicted octanol–water partition coefficient (Wildman–Crippen LogP) is 3.37. The summed E-state index contributed by atoms with van der Waals surface area (Å²) >= 11 is 0. The number of methoxy groups -OCH3 is 2. The molecule has 2 N–H and O–H groups in total. The number of carboxylic acid groups (broad SMARTS) is 1. The lowest BCUT2D eigenvalue weighted by atomic mass is 9.93.